The Morgan fingerprint density at radius 1 is 0.857 bits per heavy atom. The predicted octanol–water partition coefficient (Wildman–Crippen LogP) is 4.30. The number of rotatable bonds is 3. The topological polar surface area (TPSA) is 37.0 Å². The molecular weight excluding hydrogens is 272 g/mol. The second kappa shape index (κ2) is 5.36. The van der Waals surface area contributed by atoms with Gasteiger partial charge in [-0.15, -0.1) is 0 Å². The fourth-order valence-electron chi connectivity index (χ4n) is 2.13. The Kier molecular flexibility index (Phi) is 3.39. The number of nitrogens with one attached hydrogen (secondary N) is 2. The van der Waals surface area contributed by atoms with Gasteiger partial charge in [0, 0.05) is 18.8 Å². The first kappa shape index (κ1) is 13.3. The summed E-state index contributed by atoms with van der Waals surface area (Å²) in [7, 11) is 1.53. The summed E-state index contributed by atoms with van der Waals surface area (Å²) >= 11 is 0. The van der Waals surface area contributed by atoms with Crippen LogP contribution in [0, 0.1) is 11.6 Å². The number of benzene rings is 2. The van der Waals surface area contributed by atoms with Crippen molar-refractivity contribution in [3.8, 4) is 0 Å². The predicted molar refractivity (Wildman–Crippen MR) is 80.9 cm³/mol. The average Bonchev–Trinajstić information content (AvgIpc) is 2.50. The monoisotopic (exact) mass is 285 g/mol. The lowest BCUT2D eigenvalue weighted by Crippen LogP contribution is -2.03. The maximum atomic E-state index is 13.8. The Hall–Kier alpha value is -2.69. The number of nitrogens with zero attached hydrogens (tertiary/aromatic N) is 1. The van der Waals surface area contributed by atoms with Crippen molar-refractivity contribution in [1.82, 2.24) is 4.98 Å². The van der Waals surface area contributed by atoms with Gasteiger partial charge in [0.05, 0.1) is 0 Å². The highest BCUT2D eigenvalue weighted by atomic mass is 19.1. The van der Waals surface area contributed by atoms with Crippen molar-refractivity contribution in [2.45, 2.75) is 0 Å². The largest absolute Gasteiger partial charge is 0.371 e. The van der Waals surface area contributed by atoms with Crippen LogP contribution in [0.25, 0.3) is 10.8 Å². The number of anilines is 3. The third-order valence-corrected chi connectivity index (χ3v) is 3.18. The van der Waals surface area contributed by atoms with Crippen LogP contribution in [0.4, 0.5) is 26.1 Å². The fourth-order valence-corrected chi connectivity index (χ4v) is 2.13. The zero-order valence-corrected chi connectivity index (χ0v) is 11.3. The maximum absolute atomic E-state index is 13.8. The van der Waals surface area contributed by atoms with E-state index in [1.165, 1.54) is 7.05 Å². The van der Waals surface area contributed by atoms with Crippen molar-refractivity contribution >= 4 is 28.1 Å². The standard InChI is InChI=1S/C16H13F2N3/c1-19-15-13(17)9-14(18)16(21-15)20-12-7-6-10-4-2-3-5-11(10)8-12/h2-9H,1H3,(H2,19,20,21). The zero-order chi connectivity index (χ0) is 14.8. The van der Waals surface area contributed by atoms with Gasteiger partial charge < -0.3 is 10.6 Å². The van der Waals surface area contributed by atoms with Gasteiger partial charge in [-0.2, -0.15) is 0 Å². The van der Waals surface area contributed by atoms with Gasteiger partial charge in [-0.1, -0.05) is 30.3 Å². The third kappa shape index (κ3) is 2.63. The molecule has 0 aliphatic carbocycles. The van der Waals surface area contributed by atoms with Crippen molar-refractivity contribution in [1.29, 1.82) is 0 Å². The molecule has 1 heterocycles. The first-order valence-electron chi connectivity index (χ1n) is 6.47. The summed E-state index contributed by atoms with van der Waals surface area (Å²) in [5.41, 5.74) is 0.689. The van der Waals surface area contributed by atoms with Crippen molar-refractivity contribution in [3.05, 3.63) is 60.2 Å². The lowest BCUT2D eigenvalue weighted by atomic mass is 10.1. The maximum Gasteiger partial charge on any atom is 0.169 e. The van der Waals surface area contributed by atoms with E-state index in [9.17, 15) is 8.78 Å². The number of hydrogen-bond acceptors (Lipinski definition) is 3. The molecule has 106 valence electrons. The summed E-state index contributed by atoms with van der Waals surface area (Å²) in [6, 6.07) is 14.3. The Morgan fingerprint density at radius 3 is 2.33 bits per heavy atom. The molecule has 0 atom stereocenters. The summed E-state index contributed by atoms with van der Waals surface area (Å²) in [5.74, 6) is -1.48. The summed E-state index contributed by atoms with van der Waals surface area (Å²) in [6.45, 7) is 0. The van der Waals surface area contributed by atoms with Gasteiger partial charge in [0.15, 0.2) is 23.3 Å². The average molecular weight is 285 g/mol. The highest BCUT2D eigenvalue weighted by Crippen LogP contribution is 2.25. The van der Waals surface area contributed by atoms with Crippen LogP contribution >= 0.6 is 0 Å². The van der Waals surface area contributed by atoms with Crippen LogP contribution in [-0.4, -0.2) is 12.0 Å². The Bertz CT molecular complexity index is 803. The smallest absolute Gasteiger partial charge is 0.169 e. The SMILES string of the molecule is CNc1nc(Nc2ccc3ccccc3c2)c(F)cc1F. The minimum absolute atomic E-state index is 0.000288. The van der Waals surface area contributed by atoms with Crippen molar-refractivity contribution in [2.24, 2.45) is 0 Å². The number of pyridine rings is 1. The van der Waals surface area contributed by atoms with Gasteiger partial charge in [0.25, 0.3) is 0 Å². The first-order chi connectivity index (χ1) is 10.2. The van der Waals surface area contributed by atoms with E-state index in [-0.39, 0.29) is 11.6 Å². The highest BCUT2D eigenvalue weighted by Gasteiger charge is 2.11. The van der Waals surface area contributed by atoms with Crippen LogP contribution in [0.15, 0.2) is 48.5 Å². The molecule has 0 radical (unpaired) electrons. The second-order valence-electron chi connectivity index (χ2n) is 4.59. The van der Waals surface area contributed by atoms with Gasteiger partial charge >= 0.3 is 0 Å². The quantitative estimate of drug-likeness (QED) is 0.753. The van der Waals surface area contributed by atoms with E-state index in [1.807, 2.05) is 42.5 Å². The van der Waals surface area contributed by atoms with Crippen LogP contribution < -0.4 is 10.6 Å². The first-order valence-corrected chi connectivity index (χ1v) is 6.47. The molecule has 2 aromatic carbocycles. The van der Waals surface area contributed by atoms with E-state index in [2.05, 4.69) is 15.6 Å². The molecule has 0 amide bonds. The van der Waals surface area contributed by atoms with E-state index in [0.717, 1.165) is 16.8 Å². The Morgan fingerprint density at radius 2 is 1.57 bits per heavy atom. The lowest BCUT2D eigenvalue weighted by molar-refractivity contribution is 0.580. The van der Waals surface area contributed by atoms with Crippen LogP contribution in [0.5, 0.6) is 0 Å². The molecule has 0 bridgehead atoms. The molecule has 3 rings (SSSR count). The summed E-state index contributed by atoms with van der Waals surface area (Å²) < 4.78 is 27.2. The number of fused-ring (bicyclic) bond motifs is 1. The minimum Gasteiger partial charge on any atom is -0.371 e. The number of hydrogen-bond donors (Lipinski definition) is 2. The summed E-state index contributed by atoms with van der Waals surface area (Å²) in [6.07, 6.45) is 0. The third-order valence-electron chi connectivity index (χ3n) is 3.18. The van der Waals surface area contributed by atoms with Crippen molar-refractivity contribution in [2.75, 3.05) is 17.7 Å². The van der Waals surface area contributed by atoms with Gasteiger partial charge in [-0.25, -0.2) is 13.8 Å². The van der Waals surface area contributed by atoms with Gasteiger partial charge in [-0.3, -0.25) is 0 Å². The van der Waals surface area contributed by atoms with E-state index in [4.69, 9.17) is 0 Å². The Balaban J connectivity index is 1.98. The molecule has 5 heteroatoms. The molecule has 0 saturated heterocycles. The molecule has 2 N–H and O–H groups in total. The van der Waals surface area contributed by atoms with Crippen molar-refractivity contribution < 1.29 is 8.78 Å². The normalized spacial score (nSPS) is 10.6. The van der Waals surface area contributed by atoms with Crippen LogP contribution in [0.1, 0.15) is 0 Å². The van der Waals surface area contributed by atoms with E-state index < -0.39 is 11.6 Å². The van der Waals surface area contributed by atoms with Crippen LogP contribution in [0.2, 0.25) is 0 Å². The van der Waals surface area contributed by atoms with E-state index in [1.54, 1.807) is 0 Å². The molecular formula is C16H13F2N3. The summed E-state index contributed by atoms with van der Waals surface area (Å²) in [5, 5.41) is 7.58. The Labute approximate surface area is 120 Å². The molecule has 0 aliphatic rings. The number of halogens is 2. The van der Waals surface area contributed by atoms with Crippen LogP contribution in [-0.2, 0) is 0 Å². The minimum atomic E-state index is -0.736. The molecule has 3 aromatic rings. The lowest BCUT2D eigenvalue weighted by Gasteiger charge is -2.10. The van der Waals surface area contributed by atoms with E-state index in [0.29, 0.717) is 5.69 Å². The van der Waals surface area contributed by atoms with E-state index >= 15 is 0 Å². The molecule has 1 aromatic heterocycles. The fraction of sp³-hybridized carbons (Fsp3) is 0.0625. The molecule has 0 saturated carbocycles. The van der Waals surface area contributed by atoms with Gasteiger partial charge in [0.1, 0.15) is 0 Å². The summed E-state index contributed by atoms with van der Waals surface area (Å²) in [4.78, 5) is 3.89. The van der Waals surface area contributed by atoms with Crippen molar-refractivity contribution in [3.63, 3.8) is 0 Å². The molecule has 0 aliphatic heterocycles. The van der Waals surface area contributed by atoms with Crippen LogP contribution in [0.3, 0.4) is 0 Å². The molecule has 21 heavy (non-hydrogen) atoms. The highest BCUT2D eigenvalue weighted by molar-refractivity contribution is 5.86. The molecule has 3 nitrogen and oxygen atoms in total. The zero-order valence-electron chi connectivity index (χ0n) is 11.3. The van der Waals surface area contributed by atoms with Gasteiger partial charge in [0.2, 0.25) is 0 Å². The second-order valence-corrected chi connectivity index (χ2v) is 4.59. The molecule has 0 unspecified atom stereocenters. The molecule has 0 spiro atoms. The number of aromatic nitrogens is 1. The molecule has 0 fully saturated rings. The van der Waals surface area contributed by atoms with Gasteiger partial charge in [-0.05, 0) is 22.9 Å².